The fourth-order valence-corrected chi connectivity index (χ4v) is 5.97. The van der Waals surface area contributed by atoms with Gasteiger partial charge in [-0.1, -0.05) is 11.6 Å². The number of hydrogen-bond donors (Lipinski definition) is 0. The standard InChI is InChI=1S/C21H23ClFN5O4S2/c1-26(2)33(29,30)17-3-5-18(6-4-17)34(31,32)28-12-9-20(25-28)15-7-10-27(11-8-15)21-19(23)13-16(22)14-24-21/h3-6,9,12-15H,7-8,10-11H2,1-2H3. The number of sulfonamides is 1. The molecule has 0 N–H and O–H groups in total. The number of anilines is 1. The van der Waals surface area contributed by atoms with E-state index in [-0.39, 0.29) is 26.5 Å². The number of rotatable bonds is 6. The first-order valence-electron chi connectivity index (χ1n) is 10.4. The molecule has 0 atom stereocenters. The molecule has 3 aromatic rings. The summed E-state index contributed by atoms with van der Waals surface area (Å²) >= 11 is 5.77. The van der Waals surface area contributed by atoms with E-state index in [0.29, 0.717) is 31.6 Å². The van der Waals surface area contributed by atoms with E-state index >= 15 is 0 Å². The van der Waals surface area contributed by atoms with E-state index in [9.17, 15) is 21.2 Å². The molecule has 1 aliphatic rings. The monoisotopic (exact) mass is 527 g/mol. The molecule has 2 aromatic heterocycles. The van der Waals surface area contributed by atoms with Crippen LogP contribution in [0.1, 0.15) is 24.5 Å². The number of hydrogen-bond acceptors (Lipinski definition) is 7. The fraction of sp³-hybridized carbons (Fsp3) is 0.333. The summed E-state index contributed by atoms with van der Waals surface area (Å²) in [6.07, 6.45) is 4.08. The number of benzene rings is 1. The largest absolute Gasteiger partial charge is 0.354 e. The first kappa shape index (κ1) is 24.6. The van der Waals surface area contributed by atoms with Crippen molar-refractivity contribution >= 4 is 37.5 Å². The lowest BCUT2D eigenvalue weighted by Crippen LogP contribution is -2.34. The van der Waals surface area contributed by atoms with Crippen molar-refractivity contribution in [1.29, 1.82) is 0 Å². The average molecular weight is 528 g/mol. The molecule has 0 unspecified atom stereocenters. The smallest absolute Gasteiger partial charge is 0.282 e. The van der Waals surface area contributed by atoms with Crippen LogP contribution in [-0.4, -0.2) is 62.5 Å². The van der Waals surface area contributed by atoms with Gasteiger partial charge >= 0.3 is 0 Å². The first-order chi connectivity index (χ1) is 16.0. The highest BCUT2D eigenvalue weighted by Gasteiger charge is 2.27. The summed E-state index contributed by atoms with van der Waals surface area (Å²) in [4.78, 5) is 5.84. The lowest BCUT2D eigenvalue weighted by atomic mass is 9.94. The van der Waals surface area contributed by atoms with Crippen molar-refractivity contribution in [2.45, 2.75) is 28.6 Å². The first-order valence-corrected chi connectivity index (χ1v) is 13.7. The Labute approximate surface area is 202 Å². The normalized spacial score (nSPS) is 15.7. The van der Waals surface area contributed by atoms with Crippen LogP contribution in [0.5, 0.6) is 0 Å². The van der Waals surface area contributed by atoms with Crippen LogP contribution in [0.2, 0.25) is 5.02 Å². The minimum absolute atomic E-state index is 0.00372. The Hall–Kier alpha value is -2.54. The van der Waals surface area contributed by atoms with Crippen LogP contribution in [0, 0.1) is 5.82 Å². The van der Waals surface area contributed by atoms with Gasteiger partial charge in [-0.15, -0.1) is 0 Å². The molecular weight excluding hydrogens is 505 g/mol. The van der Waals surface area contributed by atoms with E-state index in [2.05, 4.69) is 10.1 Å². The van der Waals surface area contributed by atoms with Gasteiger partial charge in [0.2, 0.25) is 10.0 Å². The minimum atomic E-state index is -3.99. The van der Waals surface area contributed by atoms with Crippen molar-refractivity contribution < 1.29 is 21.2 Å². The summed E-state index contributed by atoms with van der Waals surface area (Å²) in [7, 11) is -4.85. The zero-order chi connectivity index (χ0) is 24.7. The van der Waals surface area contributed by atoms with Crippen molar-refractivity contribution in [3.8, 4) is 0 Å². The lowest BCUT2D eigenvalue weighted by Gasteiger charge is -2.32. The molecule has 1 aliphatic heterocycles. The zero-order valence-electron chi connectivity index (χ0n) is 18.5. The molecule has 0 radical (unpaired) electrons. The molecule has 13 heteroatoms. The molecule has 0 amide bonds. The summed E-state index contributed by atoms with van der Waals surface area (Å²) in [6.45, 7) is 1.08. The van der Waals surface area contributed by atoms with Gasteiger partial charge in [0.05, 0.1) is 20.5 Å². The van der Waals surface area contributed by atoms with Crippen LogP contribution in [0.4, 0.5) is 10.2 Å². The second-order valence-corrected chi connectivity index (χ2v) is 12.5. The highest BCUT2D eigenvalue weighted by Crippen LogP contribution is 2.31. The van der Waals surface area contributed by atoms with Crippen LogP contribution in [0.25, 0.3) is 0 Å². The van der Waals surface area contributed by atoms with E-state index in [1.165, 1.54) is 56.8 Å². The Morgan fingerprint density at radius 1 is 1.03 bits per heavy atom. The SMILES string of the molecule is CN(C)S(=O)(=O)c1ccc(S(=O)(=O)n2ccc(C3CCN(c4ncc(Cl)cc4F)CC3)n2)cc1. The predicted octanol–water partition coefficient (Wildman–Crippen LogP) is 2.94. The van der Waals surface area contributed by atoms with Gasteiger partial charge < -0.3 is 4.90 Å². The maximum Gasteiger partial charge on any atom is 0.282 e. The quantitative estimate of drug-likeness (QED) is 0.485. The lowest BCUT2D eigenvalue weighted by molar-refractivity contribution is 0.483. The van der Waals surface area contributed by atoms with E-state index in [0.717, 1.165) is 8.39 Å². The molecule has 1 aromatic carbocycles. The van der Waals surface area contributed by atoms with E-state index in [1.807, 2.05) is 4.90 Å². The topological polar surface area (TPSA) is 105 Å². The van der Waals surface area contributed by atoms with Crippen molar-refractivity contribution in [3.63, 3.8) is 0 Å². The number of nitrogens with zero attached hydrogens (tertiary/aromatic N) is 5. The third kappa shape index (κ3) is 4.67. The fourth-order valence-electron chi connectivity index (χ4n) is 3.80. The molecule has 34 heavy (non-hydrogen) atoms. The number of aromatic nitrogens is 3. The highest BCUT2D eigenvalue weighted by atomic mass is 35.5. The number of pyridine rings is 1. The van der Waals surface area contributed by atoms with Crippen molar-refractivity contribution in [1.82, 2.24) is 18.5 Å². The summed E-state index contributed by atoms with van der Waals surface area (Å²) in [5.41, 5.74) is 0.625. The molecule has 0 bridgehead atoms. The second kappa shape index (κ2) is 9.25. The van der Waals surface area contributed by atoms with Gasteiger partial charge in [-0.25, -0.2) is 22.1 Å². The van der Waals surface area contributed by atoms with Crippen molar-refractivity contribution in [3.05, 3.63) is 65.3 Å². The third-order valence-electron chi connectivity index (χ3n) is 5.73. The Kier molecular flexibility index (Phi) is 6.69. The third-order valence-corrected chi connectivity index (χ3v) is 9.33. The number of halogens is 2. The number of piperidine rings is 1. The molecule has 1 saturated heterocycles. The Morgan fingerprint density at radius 2 is 1.65 bits per heavy atom. The minimum Gasteiger partial charge on any atom is -0.354 e. The summed E-state index contributed by atoms with van der Waals surface area (Å²) in [6, 6.07) is 7.89. The van der Waals surface area contributed by atoms with E-state index in [4.69, 9.17) is 11.6 Å². The molecule has 0 spiro atoms. The van der Waals surface area contributed by atoms with Crippen molar-refractivity contribution in [2.24, 2.45) is 0 Å². The summed E-state index contributed by atoms with van der Waals surface area (Å²) in [5, 5.41) is 4.52. The molecule has 3 heterocycles. The Morgan fingerprint density at radius 3 is 2.24 bits per heavy atom. The maximum atomic E-state index is 14.2. The molecule has 0 aliphatic carbocycles. The van der Waals surface area contributed by atoms with E-state index < -0.39 is 25.9 Å². The molecule has 9 nitrogen and oxygen atoms in total. The van der Waals surface area contributed by atoms with Crippen molar-refractivity contribution in [2.75, 3.05) is 32.1 Å². The van der Waals surface area contributed by atoms with Gasteiger partial charge in [0, 0.05) is 45.5 Å². The van der Waals surface area contributed by atoms with Gasteiger partial charge in [-0.3, -0.25) is 0 Å². The summed E-state index contributed by atoms with van der Waals surface area (Å²) in [5.74, 6) is -0.225. The van der Waals surface area contributed by atoms with Crippen LogP contribution in [-0.2, 0) is 20.0 Å². The van der Waals surface area contributed by atoms with Crippen LogP contribution < -0.4 is 4.90 Å². The second-order valence-electron chi connectivity index (χ2n) is 8.10. The Balaban J connectivity index is 1.48. The van der Waals surface area contributed by atoms with Gasteiger partial charge in [-0.2, -0.15) is 17.6 Å². The summed E-state index contributed by atoms with van der Waals surface area (Å²) < 4.78 is 66.5. The van der Waals surface area contributed by atoms with Gasteiger partial charge in [-0.05, 0) is 49.2 Å². The molecule has 182 valence electrons. The molecule has 0 saturated carbocycles. The van der Waals surface area contributed by atoms with Crippen LogP contribution >= 0.6 is 11.6 Å². The average Bonchev–Trinajstić information content (AvgIpc) is 3.30. The van der Waals surface area contributed by atoms with E-state index in [1.54, 1.807) is 6.07 Å². The molecular formula is C21H23ClFN5O4S2. The Bertz CT molecular complexity index is 1400. The predicted molar refractivity (Wildman–Crippen MR) is 126 cm³/mol. The molecule has 1 fully saturated rings. The van der Waals surface area contributed by atoms with Gasteiger partial charge in [0.15, 0.2) is 11.6 Å². The zero-order valence-corrected chi connectivity index (χ0v) is 20.9. The van der Waals surface area contributed by atoms with Crippen LogP contribution in [0.15, 0.2) is 58.6 Å². The van der Waals surface area contributed by atoms with Gasteiger partial charge in [0.25, 0.3) is 10.0 Å². The highest BCUT2D eigenvalue weighted by molar-refractivity contribution is 7.90. The maximum absolute atomic E-state index is 14.2. The van der Waals surface area contributed by atoms with Crippen LogP contribution in [0.3, 0.4) is 0 Å². The molecule has 4 rings (SSSR count). The van der Waals surface area contributed by atoms with Gasteiger partial charge in [0.1, 0.15) is 0 Å².